The highest BCUT2D eigenvalue weighted by Gasteiger charge is 2.39. The van der Waals surface area contributed by atoms with Crippen LogP contribution < -0.4 is 10.6 Å². The summed E-state index contributed by atoms with van der Waals surface area (Å²) < 4.78 is 13.1. The number of fused-ring (bicyclic) bond motifs is 2. The Morgan fingerprint density at radius 2 is 2.29 bits per heavy atom. The number of benzene rings is 1. The topological polar surface area (TPSA) is 61.4 Å². The van der Waals surface area contributed by atoms with E-state index in [0.29, 0.717) is 24.6 Å². The second kappa shape index (κ2) is 5.81. The average Bonchev–Trinajstić information content (AvgIpc) is 2.49. The molecule has 21 heavy (non-hydrogen) atoms. The molecule has 2 N–H and O–H groups in total. The van der Waals surface area contributed by atoms with Crippen LogP contribution in [0.5, 0.6) is 0 Å². The number of amides is 3. The Morgan fingerprint density at radius 3 is 3.10 bits per heavy atom. The van der Waals surface area contributed by atoms with Gasteiger partial charge in [-0.1, -0.05) is 12.1 Å². The predicted octanol–water partition coefficient (Wildman–Crippen LogP) is 1.10. The maximum absolute atomic E-state index is 13.1. The summed E-state index contributed by atoms with van der Waals surface area (Å²) in [5, 5.41) is 5.91. The molecule has 1 aromatic carbocycles. The van der Waals surface area contributed by atoms with Crippen LogP contribution in [0.1, 0.15) is 12.0 Å². The van der Waals surface area contributed by atoms with E-state index in [2.05, 4.69) is 10.6 Å². The van der Waals surface area contributed by atoms with Gasteiger partial charge in [0.1, 0.15) is 5.82 Å². The monoisotopic (exact) mass is 291 g/mol. The first-order valence-electron chi connectivity index (χ1n) is 7.18. The lowest BCUT2D eigenvalue weighted by atomic mass is 9.85. The number of hydrogen-bond acceptors (Lipinski definition) is 3. The van der Waals surface area contributed by atoms with Crippen molar-refractivity contribution in [1.29, 1.82) is 0 Å². The predicted molar refractivity (Wildman–Crippen MR) is 74.8 cm³/mol. The average molecular weight is 291 g/mol. The summed E-state index contributed by atoms with van der Waals surface area (Å²) in [6.07, 6.45) is 0.861. The Kier molecular flexibility index (Phi) is 3.88. The lowest BCUT2D eigenvalue weighted by molar-refractivity contribution is -0.137. The molecule has 6 heteroatoms. The number of carbonyl (C=O) groups is 2. The standard InChI is InChI=1S/C15H18FN3O2/c16-13-3-1-2-10(5-13)7-18-15(21)19-9-11-4-12(14(19)20)8-17-6-11/h1-3,5,11-12,17H,4,6-9H2,(H,18,21). The van der Waals surface area contributed by atoms with Gasteiger partial charge in [-0.25, -0.2) is 9.18 Å². The van der Waals surface area contributed by atoms with Gasteiger partial charge < -0.3 is 10.6 Å². The van der Waals surface area contributed by atoms with Crippen LogP contribution in [0.3, 0.4) is 0 Å². The summed E-state index contributed by atoms with van der Waals surface area (Å²) in [4.78, 5) is 25.7. The van der Waals surface area contributed by atoms with E-state index in [1.807, 2.05) is 0 Å². The van der Waals surface area contributed by atoms with Crippen molar-refractivity contribution in [3.05, 3.63) is 35.6 Å². The molecule has 0 aliphatic carbocycles. The number of nitrogens with one attached hydrogen (secondary N) is 2. The molecular formula is C15H18FN3O2. The van der Waals surface area contributed by atoms with E-state index in [1.54, 1.807) is 12.1 Å². The lowest BCUT2D eigenvalue weighted by Crippen LogP contribution is -2.58. The zero-order valence-corrected chi connectivity index (χ0v) is 11.6. The molecule has 3 rings (SSSR count). The molecule has 0 radical (unpaired) electrons. The summed E-state index contributed by atoms with van der Waals surface area (Å²) in [7, 11) is 0. The molecule has 1 aromatic rings. The smallest absolute Gasteiger partial charge is 0.324 e. The number of urea groups is 1. The van der Waals surface area contributed by atoms with Crippen molar-refractivity contribution >= 4 is 11.9 Å². The van der Waals surface area contributed by atoms with E-state index in [4.69, 9.17) is 0 Å². The number of likely N-dealkylation sites (tertiary alicyclic amines) is 1. The molecule has 2 heterocycles. The third-order valence-electron chi connectivity index (χ3n) is 4.08. The number of piperidine rings is 2. The molecule has 2 unspecified atom stereocenters. The maximum atomic E-state index is 13.1. The Labute approximate surface area is 122 Å². The molecule has 3 amide bonds. The fraction of sp³-hybridized carbons (Fsp3) is 0.467. The van der Waals surface area contributed by atoms with Gasteiger partial charge >= 0.3 is 6.03 Å². The van der Waals surface area contributed by atoms with Crippen LogP contribution in [0, 0.1) is 17.7 Å². The van der Waals surface area contributed by atoms with Gasteiger partial charge in [-0.2, -0.15) is 0 Å². The summed E-state index contributed by atoms with van der Waals surface area (Å²) in [5.74, 6) is -0.217. The van der Waals surface area contributed by atoms with Crippen molar-refractivity contribution in [2.24, 2.45) is 11.8 Å². The molecule has 112 valence electrons. The van der Waals surface area contributed by atoms with Gasteiger partial charge in [-0.05, 0) is 36.6 Å². The molecular weight excluding hydrogens is 273 g/mol. The second-order valence-corrected chi connectivity index (χ2v) is 5.69. The molecule has 2 aliphatic heterocycles. The number of halogens is 1. The van der Waals surface area contributed by atoms with E-state index >= 15 is 0 Å². The third-order valence-corrected chi connectivity index (χ3v) is 4.08. The minimum absolute atomic E-state index is 0.0996. The SMILES string of the molecule is O=C(NCc1cccc(F)c1)N1CC2CNCC(C2)C1=O. The Bertz CT molecular complexity index is 564. The van der Waals surface area contributed by atoms with Crippen molar-refractivity contribution in [2.75, 3.05) is 19.6 Å². The summed E-state index contributed by atoms with van der Waals surface area (Å²) in [6.45, 7) is 2.16. The van der Waals surface area contributed by atoms with Crippen molar-refractivity contribution in [3.63, 3.8) is 0 Å². The molecule has 2 fully saturated rings. The van der Waals surface area contributed by atoms with Crippen LogP contribution in [-0.4, -0.2) is 36.5 Å². The number of rotatable bonds is 2. The fourth-order valence-electron chi connectivity index (χ4n) is 3.03. The van der Waals surface area contributed by atoms with Gasteiger partial charge in [-0.15, -0.1) is 0 Å². The van der Waals surface area contributed by atoms with E-state index in [-0.39, 0.29) is 30.2 Å². The summed E-state index contributed by atoms with van der Waals surface area (Å²) in [5.41, 5.74) is 0.676. The first-order chi connectivity index (χ1) is 10.1. The van der Waals surface area contributed by atoms with Crippen LogP contribution in [-0.2, 0) is 11.3 Å². The minimum atomic E-state index is -0.388. The Balaban J connectivity index is 1.61. The maximum Gasteiger partial charge on any atom is 0.324 e. The van der Waals surface area contributed by atoms with E-state index in [0.717, 1.165) is 13.0 Å². The van der Waals surface area contributed by atoms with Gasteiger partial charge in [0.25, 0.3) is 0 Å². The minimum Gasteiger partial charge on any atom is -0.334 e. The first kappa shape index (κ1) is 14.0. The molecule has 2 bridgehead atoms. The van der Waals surface area contributed by atoms with E-state index in [1.165, 1.54) is 17.0 Å². The van der Waals surface area contributed by atoms with E-state index < -0.39 is 0 Å². The van der Waals surface area contributed by atoms with E-state index in [9.17, 15) is 14.0 Å². The Morgan fingerprint density at radius 1 is 1.43 bits per heavy atom. The van der Waals surface area contributed by atoms with Gasteiger partial charge in [0, 0.05) is 19.6 Å². The highest BCUT2D eigenvalue weighted by atomic mass is 19.1. The molecule has 2 saturated heterocycles. The number of imide groups is 1. The zero-order chi connectivity index (χ0) is 14.8. The van der Waals surface area contributed by atoms with Gasteiger partial charge in [0.2, 0.25) is 5.91 Å². The molecule has 2 atom stereocenters. The highest BCUT2D eigenvalue weighted by Crippen LogP contribution is 2.25. The molecule has 0 spiro atoms. The fourth-order valence-corrected chi connectivity index (χ4v) is 3.03. The van der Waals surface area contributed by atoms with Crippen LogP contribution in [0.25, 0.3) is 0 Å². The normalized spacial score (nSPS) is 24.8. The van der Waals surface area contributed by atoms with Crippen molar-refractivity contribution in [2.45, 2.75) is 13.0 Å². The summed E-state index contributed by atoms with van der Waals surface area (Å²) in [6, 6.07) is 5.67. The molecule has 0 aromatic heterocycles. The van der Waals surface area contributed by atoms with Crippen molar-refractivity contribution < 1.29 is 14.0 Å². The van der Waals surface area contributed by atoms with Gasteiger partial charge in [-0.3, -0.25) is 9.69 Å². The first-order valence-corrected chi connectivity index (χ1v) is 7.18. The number of hydrogen-bond donors (Lipinski definition) is 2. The molecule has 2 aliphatic rings. The largest absolute Gasteiger partial charge is 0.334 e. The number of nitrogens with zero attached hydrogens (tertiary/aromatic N) is 1. The van der Waals surface area contributed by atoms with Crippen LogP contribution >= 0.6 is 0 Å². The van der Waals surface area contributed by atoms with Crippen LogP contribution in [0.2, 0.25) is 0 Å². The van der Waals surface area contributed by atoms with Gasteiger partial charge in [0.15, 0.2) is 0 Å². The van der Waals surface area contributed by atoms with Crippen molar-refractivity contribution in [1.82, 2.24) is 15.5 Å². The third kappa shape index (κ3) is 3.05. The zero-order valence-electron chi connectivity index (χ0n) is 11.6. The molecule has 0 saturated carbocycles. The van der Waals surface area contributed by atoms with Gasteiger partial charge in [0.05, 0.1) is 5.92 Å². The second-order valence-electron chi connectivity index (χ2n) is 5.69. The number of carbonyl (C=O) groups excluding carboxylic acids is 2. The Hall–Kier alpha value is -1.95. The quantitative estimate of drug-likeness (QED) is 0.858. The van der Waals surface area contributed by atoms with Crippen LogP contribution in [0.15, 0.2) is 24.3 Å². The van der Waals surface area contributed by atoms with Crippen LogP contribution in [0.4, 0.5) is 9.18 Å². The highest BCUT2D eigenvalue weighted by molar-refractivity contribution is 5.96. The lowest BCUT2D eigenvalue weighted by Gasteiger charge is -2.39. The summed E-state index contributed by atoms with van der Waals surface area (Å²) >= 11 is 0. The molecule has 5 nitrogen and oxygen atoms in total. The van der Waals surface area contributed by atoms with Crippen molar-refractivity contribution in [3.8, 4) is 0 Å².